The molecule has 1 aromatic heterocycles. The lowest BCUT2D eigenvalue weighted by Crippen LogP contribution is -2.17. The van der Waals surface area contributed by atoms with Crippen molar-refractivity contribution in [3.8, 4) is 6.07 Å². The molecule has 1 rings (SSSR count). The highest BCUT2D eigenvalue weighted by Crippen LogP contribution is 2.13. The number of hydrogen-bond acceptors (Lipinski definition) is 4. The van der Waals surface area contributed by atoms with E-state index in [2.05, 4.69) is 15.2 Å². The van der Waals surface area contributed by atoms with Gasteiger partial charge in [0.2, 0.25) is 0 Å². The van der Waals surface area contributed by atoms with E-state index in [0.29, 0.717) is 11.6 Å². The lowest BCUT2D eigenvalue weighted by Gasteiger charge is -2.10. The van der Waals surface area contributed by atoms with Crippen LogP contribution in [0, 0.1) is 11.3 Å². The van der Waals surface area contributed by atoms with E-state index >= 15 is 0 Å². The minimum absolute atomic E-state index is 0.184. The molecule has 0 aliphatic heterocycles. The van der Waals surface area contributed by atoms with Crippen molar-refractivity contribution in [2.24, 2.45) is 0 Å². The molecule has 0 aliphatic carbocycles. The van der Waals surface area contributed by atoms with E-state index in [9.17, 15) is 5.11 Å². The Kier molecular flexibility index (Phi) is 2.11. The standard InChI is InChI=1S/C7H10N4O/c1-7(2,12)6-9-5(3-4-8)10-11-6/h12H,3H2,1-2H3,(H,9,10,11). The molecule has 0 saturated carbocycles. The first-order valence-corrected chi connectivity index (χ1v) is 3.55. The van der Waals surface area contributed by atoms with Crippen LogP contribution in [0.5, 0.6) is 0 Å². The number of aromatic amines is 1. The van der Waals surface area contributed by atoms with Crippen LogP contribution in [0.3, 0.4) is 0 Å². The number of aliphatic hydroxyl groups is 1. The van der Waals surface area contributed by atoms with Gasteiger partial charge in [0, 0.05) is 0 Å². The highest BCUT2D eigenvalue weighted by molar-refractivity contribution is 5.01. The number of hydrogen-bond donors (Lipinski definition) is 2. The highest BCUT2D eigenvalue weighted by Gasteiger charge is 2.21. The summed E-state index contributed by atoms with van der Waals surface area (Å²) in [6.45, 7) is 3.18. The quantitative estimate of drug-likeness (QED) is 0.652. The third-order valence-corrected chi connectivity index (χ3v) is 1.33. The Labute approximate surface area is 70.1 Å². The van der Waals surface area contributed by atoms with Gasteiger partial charge in [0.05, 0.1) is 12.5 Å². The molecule has 5 nitrogen and oxygen atoms in total. The van der Waals surface area contributed by atoms with Crippen molar-refractivity contribution < 1.29 is 5.11 Å². The van der Waals surface area contributed by atoms with Gasteiger partial charge in [-0.3, -0.25) is 5.10 Å². The van der Waals surface area contributed by atoms with Crippen molar-refractivity contribution in [3.63, 3.8) is 0 Å². The summed E-state index contributed by atoms with van der Waals surface area (Å²) in [6.07, 6.45) is 0.184. The predicted octanol–water partition coefficient (Wildman–Crippen LogP) is 0.0982. The van der Waals surface area contributed by atoms with Gasteiger partial charge in [-0.15, -0.1) is 0 Å². The van der Waals surface area contributed by atoms with E-state index in [1.54, 1.807) is 13.8 Å². The topological polar surface area (TPSA) is 85.6 Å². The van der Waals surface area contributed by atoms with Crippen LogP contribution in [-0.4, -0.2) is 20.3 Å². The van der Waals surface area contributed by atoms with E-state index in [0.717, 1.165) is 0 Å². The third-order valence-electron chi connectivity index (χ3n) is 1.33. The van der Waals surface area contributed by atoms with Gasteiger partial charge < -0.3 is 5.11 Å². The van der Waals surface area contributed by atoms with E-state index in [1.165, 1.54) is 0 Å². The van der Waals surface area contributed by atoms with Gasteiger partial charge >= 0.3 is 0 Å². The maximum absolute atomic E-state index is 9.44. The molecule has 64 valence electrons. The molecule has 0 atom stereocenters. The van der Waals surface area contributed by atoms with Crippen LogP contribution < -0.4 is 0 Å². The molecule has 0 aromatic carbocycles. The molecule has 0 amide bonds. The third kappa shape index (κ3) is 1.80. The van der Waals surface area contributed by atoms with Gasteiger partial charge in [0.15, 0.2) is 5.82 Å². The van der Waals surface area contributed by atoms with E-state index < -0.39 is 5.60 Å². The molecule has 1 heterocycles. The minimum Gasteiger partial charge on any atom is -0.382 e. The first-order valence-electron chi connectivity index (χ1n) is 3.55. The maximum atomic E-state index is 9.44. The summed E-state index contributed by atoms with van der Waals surface area (Å²) in [6, 6.07) is 1.93. The molecule has 2 N–H and O–H groups in total. The van der Waals surface area contributed by atoms with Crippen molar-refractivity contribution in [2.45, 2.75) is 25.9 Å². The first-order chi connectivity index (χ1) is 5.54. The Bertz CT molecular complexity index is 304. The average molecular weight is 166 g/mol. The zero-order chi connectivity index (χ0) is 9.19. The van der Waals surface area contributed by atoms with Crippen molar-refractivity contribution in [1.82, 2.24) is 15.2 Å². The molecule has 0 saturated heterocycles. The lowest BCUT2D eigenvalue weighted by atomic mass is 10.1. The SMILES string of the molecule is CC(C)(O)c1n[nH]c(CC#N)n1. The highest BCUT2D eigenvalue weighted by atomic mass is 16.3. The normalized spacial score (nSPS) is 11.2. The Morgan fingerprint density at radius 1 is 1.67 bits per heavy atom. The summed E-state index contributed by atoms with van der Waals surface area (Å²) in [5.41, 5.74) is -1.05. The lowest BCUT2D eigenvalue weighted by molar-refractivity contribution is 0.0691. The zero-order valence-corrected chi connectivity index (χ0v) is 7.00. The van der Waals surface area contributed by atoms with Crippen molar-refractivity contribution in [1.29, 1.82) is 5.26 Å². The number of nitrogens with one attached hydrogen (secondary N) is 1. The summed E-state index contributed by atoms with van der Waals surface area (Å²) >= 11 is 0. The van der Waals surface area contributed by atoms with Crippen molar-refractivity contribution in [2.75, 3.05) is 0 Å². The molecule has 0 radical (unpaired) electrons. The van der Waals surface area contributed by atoms with Crippen LogP contribution in [0.2, 0.25) is 0 Å². The largest absolute Gasteiger partial charge is 0.382 e. The molecular formula is C7H10N4O. The number of aromatic nitrogens is 3. The number of nitrogens with zero attached hydrogens (tertiary/aromatic N) is 3. The Morgan fingerprint density at radius 3 is 2.75 bits per heavy atom. The monoisotopic (exact) mass is 166 g/mol. The summed E-state index contributed by atoms with van der Waals surface area (Å²) in [5, 5.41) is 24.1. The Balaban J connectivity index is 2.86. The Hall–Kier alpha value is -1.41. The van der Waals surface area contributed by atoms with E-state index in [-0.39, 0.29) is 6.42 Å². The summed E-state index contributed by atoms with van der Waals surface area (Å²) < 4.78 is 0. The molecule has 0 fully saturated rings. The molecular weight excluding hydrogens is 156 g/mol. The molecule has 0 unspecified atom stereocenters. The minimum atomic E-state index is -1.05. The summed E-state index contributed by atoms with van der Waals surface area (Å²) in [4.78, 5) is 3.93. The number of nitriles is 1. The maximum Gasteiger partial charge on any atom is 0.181 e. The Morgan fingerprint density at radius 2 is 2.33 bits per heavy atom. The molecule has 1 aromatic rings. The van der Waals surface area contributed by atoms with Crippen LogP contribution in [0.15, 0.2) is 0 Å². The van der Waals surface area contributed by atoms with Crippen LogP contribution in [0.1, 0.15) is 25.5 Å². The summed E-state index contributed by atoms with van der Waals surface area (Å²) in [5.74, 6) is 0.794. The molecule has 0 bridgehead atoms. The fourth-order valence-electron chi connectivity index (χ4n) is 0.723. The van der Waals surface area contributed by atoms with Crippen LogP contribution in [-0.2, 0) is 12.0 Å². The number of H-pyrrole nitrogens is 1. The fourth-order valence-corrected chi connectivity index (χ4v) is 0.723. The van der Waals surface area contributed by atoms with Crippen LogP contribution in [0.25, 0.3) is 0 Å². The molecule has 12 heavy (non-hydrogen) atoms. The predicted molar refractivity (Wildman–Crippen MR) is 40.9 cm³/mol. The second-order valence-corrected chi connectivity index (χ2v) is 3.00. The van der Waals surface area contributed by atoms with Gasteiger partial charge in [-0.25, -0.2) is 4.98 Å². The van der Waals surface area contributed by atoms with E-state index in [1.807, 2.05) is 6.07 Å². The van der Waals surface area contributed by atoms with Gasteiger partial charge in [0.1, 0.15) is 11.4 Å². The van der Waals surface area contributed by atoms with Crippen LogP contribution in [0.4, 0.5) is 0 Å². The second-order valence-electron chi connectivity index (χ2n) is 3.00. The fraction of sp³-hybridized carbons (Fsp3) is 0.571. The smallest absolute Gasteiger partial charge is 0.181 e. The molecule has 5 heteroatoms. The van der Waals surface area contributed by atoms with Gasteiger partial charge in [0.25, 0.3) is 0 Å². The average Bonchev–Trinajstić information content (AvgIpc) is 2.35. The van der Waals surface area contributed by atoms with Crippen LogP contribution >= 0.6 is 0 Å². The first kappa shape index (κ1) is 8.68. The molecule has 0 aliphatic rings. The van der Waals surface area contributed by atoms with Crippen molar-refractivity contribution >= 4 is 0 Å². The van der Waals surface area contributed by atoms with Gasteiger partial charge in [-0.05, 0) is 13.8 Å². The number of rotatable bonds is 2. The molecule has 0 spiro atoms. The van der Waals surface area contributed by atoms with Gasteiger partial charge in [-0.2, -0.15) is 10.4 Å². The zero-order valence-electron chi connectivity index (χ0n) is 7.00. The summed E-state index contributed by atoms with van der Waals surface area (Å²) in [7, 11) is 0. The van der Waals surface area contributed by atoms with Crippen molar-refractivity contribution in [3.05, 3.63) is 11.6 Å². The van der Waals surface area contributed by atoms with Gasteiger partial charge in [-0.1, -0.05) is 0 Å². The second kappa shape index (κ2) is 2.91. The van der Waals surface area contributed by atoms with E-state index in [4.69, 9.17) is 5.26 Å².